The highest BCUT2D eigenvalue weighted by Crippen LogP contribution is 2.21. The van der Waals surface area contributed by atoms with Crippen LogP contribution in [-0.2, 0) is 9.59 Å². The van der Waals surface area contributed by atoms with Crippen molar-refractivity contribution in [3.8, 4) is 0 Å². The number of hydrogen-bond acceptors (Lipinski definition) is 5. The van der Waals surface area contributed by atoms with Crippen molar-refractivity contribution in [2.75, 3.05) is 36.8 Å². The lowest BCUT2D eigenvalue weighted by Gasteiger charge is -2.35. The Balaban J connectivity index is 0.00000261. The monoisotopic (exact) mass is 389 g/mol. The van der Waals surface area contributed by atoms with E-state index in [-0.39, 0.29) is 30.3 Å². The van der Waals surface area contributed by atoms with E-state index in [1.807, 2.05) is 18.3 Å². The Hall–Kier alpha value is -2.48. The number of carbonyl (C=O) groups excluding carboxylic acids is 2. The lowest BCUT2D eigenvalue weighted by molar-refractivity contribution is -0.118. The molecule has 3 rings (SSSR count). The Labute approximate surface area is 165 Å². The Morgan fingerprint density at radius 2 is 2.00 bits per heavy atom. The van der Waals surface area contributed by atoms with Gasteiger partial charge in [-0.2, -0.15) is 0 Å². The number of amides is 2. The van der Waals surface area contributed by atoms with Crippen molar-refractivity contribution >= 4 is 35.6 Å². The van der Waals surface area contributed by atoms with E-state index in [0.29, 0.717) is 17.9 Å². The van der Waals surface area contributed by atoms with Crippen LogP contribution < -0.4 is 16.0 Å². The summed E-state index contributed by atoms with van der Waals surface area (Å²) in [5.74, 6) is -0.227. The molecule has 1 aliphatic rings. The van der Waals surface area contributed by atoms with Crippen LogP contribution in [0, 0.1) is 0 Å². The van der Waals surface area contributed by atoms with E-state index in [2.05, 4.69) is 25.8 Å². The van der Waals surface area contributed by atoms with Crippen LogP contribution in [0.4, 0.5) is 11.4 Å². The smallest absolute Gasteiger partial charge is 0.238 e. The first-order chi connectivity index (χ1) is 12.6. The van der Waals surface area contributed by atoms with Gasteiger partial charge in [-0.25, -0.2) is 0 Å². The number of pyridine rings is 1. The fourth-order valence-electron chi connectivity index (χ4n) is 3.10. The minimum atomic E-state index is -0.145. The van der Waals surface area contributed by atoms with Crippen LogP contribution in [0.5, 0.6) is 0 Å². The van der Waals surface area contributed by atoms with Crippen molar-refractivity contribution in [2.45, 2.75) is 13.0 Å². The van der Waals surface area contributed by atoms with Crippen LogP contribution in [0.3, 0.4) is 0 Å². The van der Waals surface area contributed by atoms with Gasteiger partial charge < -0.3 is 16.0 Å². The SMILES string of the molecule is CC(=O)Nc1cccc(NC(=O)CN2CCNCC2c2cccnc2)c1.Cl. The maximum absolute atomic E-state index is 12.5. The first kappa shape index (κ1) is 20.8. The molecule has 0 spiro atoms. The third-order valence-corrected chi connectivity index (χ3v) is 4.24. The van der Waals surface area contributed by atoms with Crippen LogP contribution in [0.1, 0.15) is 18.5 Å². The average molecular weight is 390 g/mol. The molecule has 1 unspecified atom stereocenters. The highest BCUT2D eigenvalue weighted by molar-refractivity contribution is 5.94. The maximum Gasteiger partial charge on any atom is 0.238 e. The molecule has 2 amide bonds. The molecule has 144 valence electrons. The summed E-state index contributed by atoms with van der Waals surface area (Å²) in [6.45, 7) is 4.18. The highest BCUT2D eigenvalue weighted by atomic mass is 35.5. The molecule has 3 N–H and O–H groups in total. The molecular weight excluding hydrogens is 366 g/mol. The number of benzene rings is 1. The summed E-state index contributed by atoms with van der Waals surface area (Å²) in [6.07, 6.45) is 3.60. The predicted octanol–water partition coefficient (Wildman–Crippen LogP) is 2.05. The van der Waals surface area contributed by atoms with E-state index in [9.17, 15) is 9.59 Å². The second-order valence-electron chi connectivity index (χ2n) is 6.29. The second kappa shape index (κ2) is 10.0. The van der Waals surface area contributed by atoms with E-state index in [0.717, 1.165) is 25.2 Å². The van der Waals surface area contributed by atoms with Crippen LogP contribution in [0.25, 0.3) is 0 Å². The summed E-state index contributed by atoms with van der Waals surface area (Å²) < 4.78 is 0. The Morgan fingerprint density at radius 1 is 1.22 bits per heavy atom. The zero-order valence-electron chi connectivity index (χ0n) is 15.1. The molecule has 1 aromatic heterocycles. The van der Waals surface area contributed by atoms with Gasteiger partial charge in [0.25, 0.3) is 0 Å². The topological polar surface area (TPSA) is 86.4 Å². The minimum Gasteiger partial charge on any atom is -0.326 e. The quantitative estimate of drug-likeness (QED) is 0.728. The first-order valence-corrected chi connectivity index (χ1v) is 8.64. The third kappa shape index (κ3) is 6.02. The van der Waals surface area contributed by atoms with E-state index in [1.54, 1.807) is 30.5 Å². The number of piperazine rings is 1. The van der Waals surface area contributed by atoms with Gasteiger partial charge in [0.1, 0.15) is 0 Å². The fraction of sp³-hybridized carbons (Fsp3) is 0.316. The molecule has 8 heteroatoms. The van der Waals surface area contributed by atoms with Crippen molar-refractivity contribution in [2.24, 2.45) is 0 Å². The summed E-state index contributed by atoms with van der Waals surface area (Å²) in [6, 6.07) is 11.2. The summed E-state index contributed by atoms with van der Waals surface area (Å²) in [4.78, 5) is 30.0. The zero-order chi connectivity index (χ0) is 18.4. The Kier molecular flexibility index (Phi) is 7.72. The fourth-order valence-corrected chi connectivity index (χ4v) is 3.10. The zero-order valence-corrected chi connectivity index (χ0v) is 16.0. The standard InChI is InChI=1S/C19H23N5O2.ClH/c1-14(25)22-16-5-2-6-17(10-16)23-19(26)13-24-9-8-21-12-18(24)15-4-3-7-20-11-15;/h2-7,10-11,18,21H,8-9,12-13H2,1H3,(H,22,25)(H,23,26);1H. The molecule has 1 aromatic carbocycles. The summed E-state index contributed by atoms with van der Waals surface area (Å²) >= 11 is 0. The molecule has 2 heterocycles. The molecule has 0 radical (unpaired) electrons. The molecule has 1 fully saturated rings. The van der Waals surface area contributed by atoms with Gasteiger partial charge in [0, 0.05) is 56.4 Å². The lowest BCUT2D eigenvalue weighted by atomic mass is 10.1. The largest absolute Gasteiger partial charge is 0.326 e. The average Bonchev–Trinajstić information content (AvgIpc) is 2.62. The van der Waals surface area contributed by atoms with Crippen molar-refractivity contribution in [1.29, 1.82) is 0 Å². The number of halogens is 1. The molecule has 0 bridgehead atoms. The molecule has 1 aliphatic heterocycles. The number of carbonyl (C=O) groups is 2. The van der Waals surface area contributed by atoms with Gasteiger partial charge in [-0.15, -0.1) is 12.4 Å². The Bertz CT molecular complexity index is 772. The van der Waals surface area contributed by atoms with Crippen molar-refractivity contribution in [3.05, 3.63) is 54.4 Å². The van der Waals surface area contributed by atoms with E-state index in [1.165, 1.54) is 6.92 Å². The number of nitrogens with zero attached hydrogens (tertiary/aromatic N) is 2. The molecule has 0 saturated carbocycles. The van der Waals surface area contributed by atoms with Crippen LogP contribution in [0.15, 0.2) is 48.8 Å². The normalized spacial score (nSPS) is 16.9. The third-order valence-electron chi connectivity index (χ3n) is 4.24. The molecule has 27 heavy (non-hydrogen) atoms. The molecule has 1 saturated heterocycles. The number of nitrogens with one attached hydrogen (secondary N) is 3. The van der Waals surface area contributed by atoms with Gasteiger partial charge in [0.05, 0.1) is 6.54 Å². The van der Waals surface area contributed by atoms with Crippen LogP contribution >= 0.6 is 12.4 Å². The van der Waals surface area contributed by atoms with E-state index >= 15 is 0 Å². The first-order valence-electron chi connectivity index (χ1n) is 8.64. The second-order valence-corrected chi connectivity index (χ2v) is 6.29. The highest BCUT2D eigenvalue weighted by Gasteiger charge is 2.25. The number of aromatic nitrogens is 1. The van der Waals surface area contributed by atoms with Crippen molar-refractivity contribution in [1.82, 2.24) is 15.2 Å². The van der Waals surface area contributed by atoms with Gasteiger partial charge >= 0.3 is 0 Å². The molecule has 2 aromatic rings. The summed E-state index contributed by atoms with van der Waals surface area (Å²) in [7, 11) is 0. The van der Waals surface area contributed by atoms with Gasteiger partial charge in [-0.3, -0.25) is 19.5 Å². The van der Waals surface area contributed by atoms with Gasteiger partial charge in [-0.05, 0) is 29.8 Å². The van der Waals surface area contributed by atoms with Crippen LogP contribution in [-0.4, -0.2) is 47.9 Å². The van der Waals surface area contributed by atoms with Crippen molar-refractivity contribution < 1.29 is 9.59 Å². The maximum atomic E-state index is 12.5. The predicted molar refractivity (Wildman–Crippen MR) is 108 cm³/mol. The summed E-state index contributed by atoms with van der Waals surface area (Å²) in [5.41, 5.74) is 2.42. The molecule has 1 atom stereocenters. The van der Waals surface area contributed by atoms with Gasteiger partial charge in [0.15, 0.2) is 0 Å². The summed E-state index contributed by atoms with van der Waals surface area (Å²) in [5, 5.41) is 8.99. The van der Waals surface area contributed by atoms with Gasteiger partial charge in [0.2, 0.25) is 11.8 Å². The van der Waals surface area contributed by atoms with Crippen LogP contribution in [0.2, 0.25) is 0 Å². The lowest BCUT2D eigenvalue weighted by Crippen LogP contribution is -2.48. The molecule has 0 aliphatic carbocycles. The Morgan fingerprint density at radius 3 is 2.70 bits per heavy atom. The van der Waals surface area contributed by atoms with E-state index < -0.39 is 0 Å². The number of rotatable bonds is 5. The minimum absolute atomic E-state index is 0. The van der Waals surface area contributed by atoms with Gasteiger partial charge in [-0.1, -0.05) is 12.1 Å². The van der Waals surface area contributed by atoms with Crippen molar-refractivity contribution in [3.63, 3.8) is 0 Å². The number of hydrogen-bond donors (Lipinski definition) is 3. The number of anilines is 2. The van der Waals surface area contributed by atoms with E-state index in [4.69, 9.17) is 0 Å². The molecule has 7 nitrogen and oxygen atoms in total. The molecular formula is C19H24ClN5O2.